The van der Waals surface area contributed by atoms with Gasteiger partial charge in [-0.05, 0) is 17.5 Å². The molecule has 1 aromatic heterocycles. The van der Waals surface area contributed by atoms with E-state index in [1.54, 1.807) is 18.2 Å². The number of hydrogen-bond donors (Lipinski definition) is 1. The molecule has 0 aliphatic rings. The number of nitrogens with one attached hydrogen (secondary N) is 1. The molecule has 17 heavy (non-hydrogen) atoms. The number of hydrogen-bond acceptors (Lipinski definition) is 0. The number of aromatic nitrogens is 1. The van der Waals surface area contributed by atoms with Gasteiger partial charge in [0.2, 0.25) is 0 Å². The average Bonchev–Trinajstić information content (AvgIpc) is 2.56. The Bertz CT molecular complexity index is 542. The summed E-state index contributed by atoms with van der Waals surface area (Å²) in [5.41, 5.74) is -2.17. The molecule has 0 spiro atoms. The van der Waals surface area contributed by atoms with Crippen molar-refractivity contribution in [2.24, 2.45) is 0 Å². The fourth-order valence-electron chi connectivity index (χ4n) is 1.57. The maximum absolute atomic E-state index is 12.4. The van der Waals surface area contributed by atoms with E-state index in [2.05, 4.69) is 4.98 Å². The van der Waals surface area contributed by atoms with Crippen molar-refractivity contribution in [2.45, 2.75) is 6.18 Å². The first-order valence-corrected chi connectivity index (χ1v) is 4.60. The van der Waals surface area contributed by atoms with Crippen LogP contribution in [0.5, 0.6) is 0 Å². The van der Waals surface area contributed by atoms with E-state index in [-0.39, 0.29) is 0 Å². The van der Waals surface area contributed by atoms with Crippen molar-refractivity contribution in [3.63, 3.8) is 0 Å². The zero-order chi connectivity index (χ0) is 12.6. The maximum atomic E-state index is 12.4. The highest BCUT2D eigenvalue weighted by Gasteiger charge is 2.39. The van der Waals surface area contributed by atoms with E-state index in [9.17, 15) is 22.0 Å². The Morgan fingerprint density at radius 1 is 1.06 bits per heavy atom. The second kappa shape index (κ2) is 3.87. The number of allylic oxidation sites excluding steroid dienone is 1. The van der Waals surface area contributed by atoms with Gasteiger partial charge in [-0.1, -0.05) is 18.2 Å². The van der Waals surface area contributed by atoms with Crippen molar-refractivity contribution >= 4 is 16.5 Å². The molecule has 0 fully saturated rings. The summed E-state index contributed by atoms with van der Waals surface area (Å²) in [7, 11) is 0. The van der Waals surface area contributed by atoms with Gasteiger partial charge in [-0.25, -0.2) is 0 Å². The summed E-state index contributed by atoms with van der Waals surface area (Å²) in [6.45, 7) is 0. The predicted molar refractivity (Wildman–Crippen MR) is 53.5 cm³/mol. The van der Waals surface area contributed by atoms with Crippen LogP contribution in [-0.2, 0) is 0 Å². The third kappa shape index (κ3) is 2.15. The Hall–Kier alpha value is -1.85. The molecule has 90 valence electrons. The summed E-state index contributed by atoms with van der Waals surface area (Å²) in [4.78, 5) is 2.33. The topological polar surface area (TPSA) is 15.8 Å². The van der Waals surface area contributed by atoms with Crippen molar-refractivity contribution in [3.05, 3.63) is 42.1 Å². The molecule has 0 atom stereocenters. The van der Waals surface area contributed by atoms with Crippen LogP contribution in [0.3, 0.4) is 0 Å². The minimum Gasteiger partial charge on any atom is -0.354 e. The standard InChI is InChI=1S/C11H6F5N/c12-10(13)9(11(14,15)16)8-5-6-3-1-2-4-7(6)17-8/h1-5,17H. The summed E-state index contributed by atoms with van der Waals surface area (Å²) < 4.78 is 62.0. The third-order valence-electron chi connectivity index (χ3n) is 2.27. The van der Waals surface area contributed by atoms with E-state index in [0.717, 1.165) is 6.07 Å². The van der Waals surface area contributed by atoms with Crippen LogP contribution in [-0.4, -0.2) is 11.2 Å². The number of aromatic amines is 1. The van der Waals surface area contributed by atoms with E-state index in [1.165, 1.54) is 6.07 Å². The highest BCUT2D eigenvalue weighted by molar-refractivity contribution is 5.85. The Kier molecular flexibility index (Phi) is 2.65. The highest BCUT2D eigenvalue weighted by Crippen LogP contribution is 2.37. The minimum atomic E-state index is -5.08. The van der Waals surface area contributed by atoms with Gasteiger partial charge in [0.25, 0.3) is 6.08 Å². The van der Waals surface area contributed by atoms with E-state index in [4.69, 9.17) is 0 Å². The van der Waals surface area contributed by atoms with Gasteiger partial charge >= 0.3 is 6.18 Å². The first-order valence-electron chi connectivity index (χ1n) is 4.60. The van der Waals surface area contributed by atoms with Crippen molar-refractivity contribution in [1.29, 1.82) is 0 Å². The van der Waals surface area contributed by atoms with E-state index in [0.29, 0.717) is 10.9 Å². The Morgan fingerprint density at radius 2 is 1.71 bits per heavy atom. The summed E-state index contributed by atoms with van der Waals surface area (Å²) in [6.07, 6.45) is -7.83. The SMILES string of the molecule is FC(F)=C(c1cc2ccccc2[nH]1)C(F)(F)F. The van der Waals surface area contributed by atoms with Crippen LogP contribution in [0.25, 0.3) is 16.5 Å². The predicted octanol–water partition coefficient (Wildman–Crippen LogP) is 4.34. The Labute approximate surface area is 92.6 Å². The van der Waals surface area contributed by atoms with Crippen LogP contribution in [0.4, 0.5) is 22.0 Å². The normalized spacial score (nSPS) is 11.8. The molecule has 1 heterocycles. The number of rotatable bonds is 1. The number of alkyl halides is 3. The summed E-state index contributed by atoms with van der Waals surface area (Å²) >= 11 is 0. The molecule has 0 unspecified atom stereocenters. The van der Waals surface area contributed by atoms with Gasteiger partial charge in [-0.3, -0.25) is 0 Å². The van der Waals surface area contributed by atoms with Crippen LogP contribution in [0.1, 0.15) is 5.69 Å². The molecule has 0 saturated heterocycles. The van der Waals surface area contributed by atoms with E-state index >= 15 is 0 Å². The van der Waals surface area contributed by atoms with Crippen LogP contribution in [0.2, 0.25) is 0 Å². The zero-order valence-corrected chi connectivity index (χ0v) is 8.28. The van der Waals surface area contributed by atoms with Gasteiger partial charge in [0.15, 0.2) is 0 Å². The first-order chi connectivity index (χ1) is 7.89. The fourth-order valence-corrected chi connectivity index (χ4v) is 1.57. The first kappa shape index (κ1) is 11.6. The van der Waals surface area contributed by atoms with Crippen LogP contribution in [0.15, 0.2) is 36.4 Å². The van der Waals surface area contributed by atoms with Crippen molar-refractivity contribution in [1.82, 2.24) is 4.98 Å². The van der Waals surface area contributed by atoms with Gasteiger partial charge in [-0.15, -0.1) is 0 Å². The molecular formula is C11H6F5N. The number of para-hydroxylation sites is 1. The molecule has 0 saturated carbocycles. The minimum absolute atomic E-state index is 0.380. The average molecular weight is 247 g/mol. The lowest BCUT2D eigenvalue weighted by molar-refractivity contribution is -0.0713. The van der Waals surface area contributed by atoms with Crippen molar-refractivity contribution in [3.8, 4) is 0 Å². The molecule has 0 amide bonds. The van der Waals surface area contributed by atoms with Crippen molar-refractivity contribution < 1.29 is 22.0 Å². The molecule has 0 radical (unpaired) electrons. The summed E-state index contributed by atoms with van der Waals surface area (Å²) in [5.74, 6) is 0. The molecule has 2 aromatic rings. The van der Waals surface area contributed by atoms with E-state index < -0.39 is 23.5 Å². The highest BCUT2D eigenvalue weighted by atomic mass is 19.4. The summed E-state index contributed by atoms with van der Waals surface area (Å²) in [6, 6.07) is 7.33. The van der Waals surface area contributed by atoms with Gasteiger partial charge in [0, 0.05) is 5.52 Å². The maximum Gasteiger partial charge on any atom is 0.423 e. The summed E-state index contributed by atoms with van der Waals surface area (Å²) in [5, 5.41) is 0.450. The molecular weight excluding hydrogens is 241 g/mol. The second-order valence-electron chi connectivity index (χ2n) is 3.40. The number of halogens is 5. The molecule has 1 aromatic carbocycles. The van der Waals surface area contributed by atoms with Crippen LogP contribution in [0, 0.1) is 0 Å². The van der Waals surface area contributed by atoms with E-state index in [1.807, 2.05) is 0 Å². The Balaban J connectivity index is 2.63. The lowest BCUT2D eigenvalue weighted by atomic mass is 10.2. The molecule has 2 rings (SSSR count). The number of benzene rings is 1. The van der Waals surface area contributed by atoms with Crippen molar-refractivity contribution in [2.75, 3.05) is 0 Å². The van der Waals surface area contributed by atoms with Crippen LogP contribution >= 0.6 is 0 Å². The molecule has 0 aliphatic carbocycles. The Morgan fingerprint density at radius 3 is 2.24 bits per heavy atom. The lowest BCUT2D eigenvalue weighted by Crippen LogP contribution is -2.11. The van der Waals surface area contributed by atoms with Gasteiger partial charge in [0.1, 0.15) is 5.57 Å². The quantitative estimate of drug-likeness (QED) is 0.721. The largest absolute Gasteiger partial charge is 0.423 e. The smallest absolute Gasteiger partial charge is 0.354 e. The number of fused-ring (bicyclic) bond motifs is 1. The fraction of sp³-hybridized carbons (Fsp3) is 0.0909. The molecule has 1 N–H and O–H groups in total. The second-order valence-corrected chi connectivity index (χ2v) is 3.40. The van der Waals surface area contributed by atoms with Gasteiger partial charge < -0.3 is 4.98 Å². The zero-order valence-electron chi connectivity index (χ0n) is 8.28. The lowest BCUT2D eigenvalue weighted by Gasteiger charge is -2.08. The molecule has 0 aliphatic heterocycles. The monoisotopic (exact) mass is 247 g/mol. The van der Waals surface area contributed by atoms with Crippen LogP contribution < -0.4 is 0 Å². The third-order valence-corrected chi connectivity index (χ3v) is 2.27. The molecule has 6 heteroatoms. The number of H-pyrrole nitrogens is 1. The van der Waals surface area contributed by atoms with Gasteiger partial charge in [-0.2, -0.15) is 22.0 Å². The molecule has 0 bridgehead atoms. The molecule has 1 nitrogen and oxygen atoms in total. The van der Waals surface area contributed by atoms with Gasteiger partial charge in [0.05, 0.1) is 5.69 Å².